The first-order valence-electron chi connectivity index (χ1n) is 9.66. The summed E-state index contributed by atoms with van der Waals surface area (Å²) in [7, 11) is 0. The van der Waals surface area contributed by atoms with Gasteiger partial charge in [-0.2, -0.15) is 0 Å². The van der Waals surface area contributed by atoms with Crippen LogP contribution in [0.4, 0.5) is 34.1 Å². The van der Waals surface area contributed by atoms with E-state index in [2.05, 4.69) is 20.7 Å². The Morgan fingerprint density at radius 2 is 1.91 bits per heavy atom. The van der Waals surface area contributed by atoms with Crippen molar-refractivity contribution in [3.63, 3.8) is 0 Å². The molecule has 1 aromatic carbocycles. The molecule has 2 N–H and O–H groups in total. The number of urea groups is 1. The van der Waals surface area contributed by atoms with Crippen molar-refractivity contribution >= 4 is 34.5 Å². The fraction of sp³-hybridized carbons (Fsp3) is 0.300. The van der Waals surface area contributed by atoms with E-state index >= 15 is 0 Å². The third-order valence-corrected chi connectivity index (χ3v) is 4.52. The summed E-state index contributed by atoms with van der Waals surface area (Å²) in [5.41, 5.74) is 0.899. The van der Waals surface area contributed by atoms with Crippen molar-refractivity contribution in [1.29, 1.82) is 0 Å². The van der Waals surface area contributed by atoms with Crippen LogP contribution in [0.25, 0.3) is 16.7 Å². The maximum Gasteiger partial charge on any atom is 0.411 e. The zero-order valence-electron chi connectivity index (χ0n) is 17.1. The molecule has 1 fully saturated rings. The number of halogens is 3. The molecule has 0 atom stereocenters. The number of pyridine rings is 1. The van der Waals surface area contributed by atoms with Gasteiger partial charge in [-0.05, 0) is 38.1 Å². The normalized spacial score (nSPS) is 14.9. The van der Waals surface area contributed by atoms with Crippen molar-refractivity contribution < 1.29 is 27.5 Å². The molecule has 1 aliphatic rings. The van der Waals surface area contributed by atoms with Crippen molar-refractivity contribution in [2.24, 2.45) is 0 Å². The minimum Gasteiger partial charge on any atom is -0.447 e. The van der Waals surface area contributed by atoms with Crippen LogP contribution in [0, 0.1) is 5.82 Å². The largest absolute Gasteiger partial charge is 0.447 e. The number of amides is 3. The Kier molecular flexibility index (Phi) is 5.36. The molecule has 3 aromatic rings. The standard InChI is InChI=1S/C20H19F3N6O3/c1-11(2)32-19(31)26-14-5-12-8-29(27-17(12)24-7-14)16-6-13(3-4-15(16)21)25-18(30)28-9-20(22,23)10-28/h3-8,11H,9-10H2,1-2H3,(H,25,30)(H,26,31). The average Bonchev–Trinajstić information content (AvgIpc) is 3.09. The Morgan fingerprint density at radius 1 is 1.16 bits per heavy atom. The smallest absolute Gasteiger partial charge is 0.411 e. The van der Waals surface area contributed by atoms with Crippen LogP contribution >= 0.6 is 0 Å². The summed E-state index contributed by atoms with van der Waals surface area (Å²) in [6.07, 6.45) is 1.96. The van der Waals surface area contributed by atoms with Gasteiger partial charge in [0.2, 0.25) is 0 Å². The lowest BCUT2D eigenvalue weighted by molar-refractivity contribution is -0.107. The SMILES string of the molecule is CC(C)OC(=O)Nc1cnc2nn(-c3cc(NC(=O)N4CC(F)(F)C4)ccc3F)cc2c1. The molecule has 2 aromatic heterocycles. The summed E-state index contributed by atoms with van der Waals surface area (Å²) in [6, 6.07) is 4.67. The molecular formula is C20H19F3N6O3. The molecule has 0 aliphatic carbocycles. The molecule has 1 saturated heterocycles. The number of benzene rings is 1. The second-order valence-corrected chi connectivity index (χ2v) is 7.60. The summed E-state index contributed by atoms with van der Waals surface area (Å²) < 4.78 is 46.6. The minimum atomic E-state index is -2.88. The second kappa shape index (κ2) is 8.02. The summed E-state index contributed by atoms with van der Waals surface area (Å²) in [4.78, 5) is 28.9. The number of nitrogens with zero attached hydrogens (tertiary/aromatic N) is 4. The fourth-order valence-electron chi connectivity index (χ4n) is 3.09. The predicted molar refractivity (Wildman–Crippen MR) is 110 cm³/mol. The van der Waals surface area contributed by atoms with Gasteiger partial charge in [0.1, 0.15) is 11.5 Å². The van der Waals surface area contributed by atoms with Crippen molar-refractivity contribution in [2.45, 2.75) is 25.9 Å². The van der Waals surface area contributed by atoms with E-state index in [9.17, 15) is 22.8 Å². The first-order valence-corrected chi connectivity index (χ1v) is 9.66. The summed E-state index contributed by atoms with van der Waals surface area (Å²) in [5, 5.41) is 9.74. The average molecular weight is 448 g/mol. The molecule has 0 radical (unpaired) electrons. The van der Waals surface area contributed by atoms with Crippen molar-refractivity contribution in [2.75, 3.05) is 23.7 Å². The lowest BCUT2D eigenvalue weighted by Crippen LogP contribution is -2.59. The van der Waals surface area contributed by atoms with Gasteiger partial charge in [0.15, 0.2) is 5.65 Å². The van der Waals surface area contributed by atoms with Crippen molar-refractivity contribution in [1.82, 2.24) is 19.7 Å². The number of fused-ring (bicyclic) bond motifs is 1. The van der Waals surface area contributed by atoms with Crippen LogP contribution in [0.2, 0.25) is 0 Å². The third kappa shape index (κ3) is 4.58. The number of nitrogens with one attached hydrogen (secondary N) is 2. The van der Waals surface area contributed by atoms with E-state index in [0.717, 1.165) is 11.0 Å². The fourth-order valence-corrected chi connectivity index (χ4v) is 3.09. The van der Waals surface area contributed by atoms with E-state index in [0.29, 0.717) is 16.7 Å². The molecule has 3 amide bonds. The van der Waals surface area contributed by atoms with Crippen LogP contribution in [0.15, 0.2) is 36.7 Å². The monoisotopic (exact) mass is 448 g/mol. The molecule has 3 heterocycles. The number of aromatic nitrogens is 3. The van der Waals surface area contributed by atoms with Crippen LogP contribution in [-0.4, -0.2) is 56.9 Å². The highest BCUT2D eigenvalue weighted by atomic mass is 19.3. The Labute approximate surface area is 180 Å². The van der Waals surface area contributed by atoms with E-state index in [1.54, 1.807) is 19.9 Å². The Balaban J connectivity index is 1.53. The van der Waals surface area contributed by atoms with Gasteiger partial charge >= 0.3 is 12.1 Å². The highest BCUT2D eigenvalue weighted by molar-refractivity contribution is 5.90. The molecule has 0 bridgehead atoms. The number of carbonyl (C=O) groups is 2. The van der Waals surface area contributed by atoms with Crippen LogP contribution in [0.3, 0.4) is 0 Å². The Morgan fingerprint density at radius 3 is 2.59 bits per heavy atom. The lowest BCUT2D eigenvalue weighted by Gasteiger charge is -2.38. The summed E-state index contributed by atoms with van der Waals surface area (Å²) in [6.45, 7) is 2.11. The molecule has 0 spiro atoms. The van der Waals surface area contributed by atoms with Gasteiger partial charge in [-0.25, -0.2) is 32.4 Å². The number of anilines is 2. The molecule has 168 valence electrons. The van der Waals surface area contributed by atoms with Crippen molar-refractivity contribution in [3.8, 4) is 5.69 Å². The van der Waals surface area contributed by atoms with Crippen LogP contribution in [-0.2, 0) is 4.74 Å². The molecule has 1 aliphatic heterocycles. The number of hydrogen-bond acceptors (Lipinski definition) is 5. The van der Waals surface area contributed by atoms with E-state index < -0.39 is 37.0 Å². The highest BCUT2D eigenvalue weighted by Crippen LogP contribution is 2.28. The highest BCUT2D eigenvalue weighted by Gasteiger charge is 2.46. The third-order valence-electron chi connectivity index (χ3n) is 4.52. The Bertz CT molecular complexity index is 1190. The number of hydrogen-bond donors (Lipinski definition) is 2. The summed E-state index contributed by atoms with van der Waals surface area (Å²) >= 11 is 0. The molecular weight excluding hydrogens is 429 g/mol. The van der Waals surface area contributed by atoms with Crippen LogP contribution < -0.4 is 10.6 Å². The zero-order valence-corrected chi connectivity index (χ0v) is 17.1. The van der Waals surface area contributed by atoms with Gasteiger partial charge < -0.3 is 15.0 Å². The number of ether oxygens (including phenoxy) is 1. The topological polar surface area (TPSA) is 101 Å². The van der Waals surface area contributed by atoms with E-state index in [4.69, 9.17) is 4.74 Å². The second-order valence-electron chi connectivity index (χ2n) is 7.60. The molecule has 4 rings (SSSR count). The zero-order chi connectivity index (χ0) is 23.0. The maximum atomic E-state index is 14.5. The molecule has 32 heavy (non-hydrogen) atoms. The van der Waals surface area contributed by atoms with E-state index in [-0.39, 0.29) is 17.5 Å². The number of likely N-dealkylation sites (tertiary alicyclic amines) is 1. The van der Waals surface area contributed by atoms with Crippen LogP contribution in [0.5, 0.6) is 0 Å². The molecule has 0 unspecified atom stereocenters. The lowest BCUT2D eigenvalue weighted by atomic mass is 10.1. The van der Waals surface area contributed by atoms with Gasteiger partial charge in [-0.15, -0.1) is 5.10 Å². The van der Waals surface area contributed by atoms with Gasteiger partial charge in [0.05, 0.1) is 31.1 Å². The number of rotatable bonds is 4. The van der Waals surface area contributed by atoms with Crippen molar-refractivity contribution in [3.05, 3.63) is 42.5 Å². The molecule has 0 saturated carbocycles. The first kappa shape index (κ1) is 21.4. The van der Waals surface area contributed by atoms with Gasteiger partial charge in [0, 0.05) is 17.3 Å². The number of carbonyl (C=O) groups excluding carboxylic acids is 2. The summed E-state index contributed by atoms with van der Waals surface area (Å²) in [5.74, 6) is -3.50. The van der Waals surface area contributed by atoms with E-state index in [1.165, 1.54) is 29.2 Å². The number of alkyl halides is 2. The van der Waals surface area contributed by atoms with Gasteiger partial charge in [0.25, 0.3) is 5.92 Å². The first-order chi connectivity index (χ1) is 15.1. The van der Waals surface area contributed by atoms with E-state index in [1.807, 2.05) is 0 Å². The minimum absolute atomic E-state index is 0.0171. The van der Waals surface area contributed by atoms with Gasteiger partial charge in [-0.3, -0.25) is 5.32 Å². The van der Waals surface area contributed by atoms with Crippen LogP contribution in [0.1, 0.15) is 13.8 Å². The molecule has 12 heteroatoms. The Hall–Kier alpha value is -3.83. The van der Waals surface area contributed by atoms with Gasteiger partial charge in [-0.1, -0.05) is 0 Å². The quantitative estimate of drug-likeness (QED) is 0.628. The molecule has 9 nitrogen and oxygen atoms in total. The maximum absolute atomic E-state index is 14.5. The predicted octanol–water partition coefficient (Wildman–Crippen LogP) is 4.00.